The molecule has 0 fully saturated rings. The largest absolute Gasteiger partial charge is 0.444 e. The Morgan fingerprint density at radius 3 is 2.81 bits per heavy atom. The normalized spacial score (nSPS) is 10.5. The van der Waals surface area contributed by atoms with E-state index in [-0.39, 0.29) is 12.4 Å². The van der Waals surface area contributed by atoms with Crippen molar-refractivity contribution in [1.29, 1.82) is 0 Å². The zero-order chi connectivity index (χ0) is 14.7. The summed E-state index contributed by atoms with van der Waals surface area (Å²) in [5.41, 5.74) is 1.43. The van der Waals surface area contributed by atoms with E-state index in [0.29, 0.717) is 11.5 Å². The number of halogens is 1. The minimum absolute atomic E-state index is 0.175. The number of amides is 1. The second kappa shape index (κ2) is 5.62. The number of nitrogens with zero attached hydrogens (tertiary/aromatic N) is 2. The number of rotatable bonds is 3. The molecule has 0 saturated carbocycles. The number of imidazole rings is 1. The number of anilines is 1. The molecule has 0 bridgehead atoms. The summed E-state index contributed by atoms with van der Waals surface area (Å²) in [7, 11) is 0. The first-order chi connectivity index (χ1) is 10.2. The minimum Gasteiger partial charge on any atom is -0.444 e. The summed E-state index contributed by atoms with van der Waals surface area (Å²) in [6, 6.07) is 12.2. The summed E-state index contributed by atoms with van der Waals surface area (Å²) < 4.78 is 19.6. The second-order valence-electron chi connectivity index (χ2n) is 4.43. The molecule has 1 aromatic carbocycles. The second-order valence-corrected chi connectivity index (χ2v) is 4.43. The molecule has 2 aromatic heterocycles. The number of hydrogen-bond donors (Lipinski definition) is 1. The topological polar surface area (TPSA) is 55.6 Å². The maximum atomic E-state index is 13.1. The van der Waals surface area contributed by atoms with E-state index >= 15 is 0 Å². The fourth-order valence-corrected chi connectivity index (χ4v) is 1.89. The van der Waals surface area contributed by atoms with Crippen molar-refractivity contribution in [3.05, 3.63) is 66.2 Å². The zero-order valence-corrected chi connectivity index (χ0v) is 11.0. The van der Waals surface area contributed by atoms with E-state index in [0.717, 1.165) is 5.56 Å². The van der Waals surface area contributed by atoms with Crippen LogP contribution in [0.5, 0.6) is 0 Å². The van der Waals surface area contributed by atoms with Crippen molar-refractivity contribution in [1.82, 2.24) is 9.38 Å². The van der Waals surface area contributed by atoms with E-state index < -0.39 is 6.09 Å². The van der Waals surface area contributed by atoms with Crippen molar-refractivity contribution >= 4 is 17.6 Å². The molecule has 0 radical (unpaired) electrons. The molecule has 0 atom stereocenters. The molecule has 2 heterocycles. The summed E-state index contributed by atoms with van der Waals surface area (Å²) in [5.74, 6) is -0.0724. The van der Waals surface area contributed by atoms with Gasteiger partial charge in [-0.1, -0.05) is 30.3 Å². The summed E-state index contributed by atoms with van der Waals surface area (Å²) in [5, 5.41) is 2.51. The summed E-state index contributed by atoms with van der Waals surface area (Å²) in [6.07, 6.45) is 2.19. The van der Waals surface area contributed by atoms with E-state index in [9.17, 15) is 9.18 Å². The van der Waals surface area contributed by atoms with Crippen molar-refractivity contribution in [2.24, 2.45) is 0 Å². The van der Waals surface area contributed by atoms with Gasteiger partial charge < -0.3 is 9.14 Å². The van der Waals surface area contributed by atoms with Crippen molar-refractivity contribution in [2.45, 2.75) is 6.61 Å². The van der Waals surface area contributed by atoms with Gasteiger partial charge in [-0.25, -0.2) is 14.2 Å². The van der Waals surface area contributed by atoms with Gasteiger partial charge in [-0.05, 0) is 17.7 Å². The minimum atomic E-state index is -0.609. The zero-order valence-electron chi connectivity index (χ0n) is 11.0. The summed E-state index contributed by atoms with van der Waals surface area (Å²) in [4.78, 5) is 15.8. The number of hydrogen-bond acceptors (Lipinski definition) is 3. The lowest BCUT2D eigenvalue weighted by Gasteiger charge is -2.04. The third-order valence-corrected chi connectivity index (χ3v) is 2.86. The van der Waals surface area contributed by atoms with Gasteiger partial charge in [-0.15, -0.1) is 0 Å². The third-order valence-electron chi connectivity index (χ3n) is 2.86. The number of carbonyl (C=O) groups excluding carboxylic acids is 1. The fourth-order valence-electron chi connectivity index (χ4n) is 1.89. The molecule has 0 aliphatic rings. The predicted molar refractivity (Wildman–Crippen MR) is 75.4 cm³/mol. The highest BCUT2D eigenvalue weighted by molar-refractivity contribution is 5.83. The molecule has 21 heavy (non-hydrogen) atoms. The maximum Gasteiger partial charge on any atom is 0.413 e. The quantitative estimate of drug-likeness (QED) is 0.804. The molecule has 0 aliphatic carbocycles. The molecule has 0 unspecified atom stereocenters. The molecular formula is C15H12FN3O2. The van der Waals surface area contributed by atoms with Crippen LogP contribution in [0, 0.1) is 5.82 Å². The van der Waals surface area contributed by atoms with Gasteiger partial charge in [0.05, 0.1) is 6.20 Å². The molecule has 106 valence electrons. The molecule has 0 saturated heterocycles. The number of fused-ring (bicyclic) bond motifs is 1. The molecule has 3 rings (SSSR count). The molecule has 0 spiro atoms. The fraction of sp³-hybridized carbons (Fsp3) is 0.0667. The summed E-state index contributed by atoms with van der Waals surface area (Å²) >= 11 is 0. The van der Waals surface area contributed by atoms with E-state index in [1.165, 1.54) is 28.9 Å². The Balaban J connectivity index is 1.63. The Morgan fingerprint density at radius 1 is 1.19 bits per heavy atom. The number of benzene rings is 1. The van der Waals surface area contributed by atoms with Gasteiger partial charge in [0.25, 0.3) is 0 Å². The highest BCUT2D eigenvalue weighted by Crippen LogP contribution is 2.11. The SMILES string of the molecule is O=C(Nc1cn2cc(F)ccc2n1)OCc1ccccc1. The molecule has 3 aromatic rings. The van der Waals surface area contributed by atoms with Crippen LogP contribution >= 0.6 is 0 Å². The van der Waals surface area contributed by atoms with Crippen molar-refractivity contribution < 1.29 is 13.9 Å². The van der Waals surface area contributed by atoms with E-state index in [1.807, 2.05) is 30.3 Å². The van der Waals surface area contributed by atoms with Crippen molar-refractivity contribution in [2.75, 3.05) is 5.32 Å². The van der Waals surface area contributed by atoms with Gasteiger partial charge in [-0.2, -0.15) is 0 Å². The first-order valence-electron chi connectivity index (χ1n) is 6.33. The first kappa shape index (κ1) is 13.1. The average Bonchev–Trinajstić information content (AvgIpc) is 2.87. The maximum absolute atomic E-state index is 13.1. The van der Waals surface area contributed by atoms with Gasteiger partial charge in [0, 0.05) is 6.20 Å². The van der Waals surface area contributed by atoms with E-state index in [1.54, 1.807) is 0 Å². The molecular weight excluding hydrogens is 273 g/mol. The lowest BCUT2D eigenvalue weighted by atomic mass is 10.2. The van der Waals surface area contributed by atoms with Gasteiger partial charge in [0.15, 0.2) is 5.82 Å². The van der Waals surface area contributed by atoms with E-state index in [4.69, 9.17) is 4.74 Å². The molecule has 6 heteroatoms. The average molecular weight is 285 g/mol. The Hall–Kier alpha value is -2.89. The highest BCUT2D eigenvalue weighted by Gasteiger charge is 2.07. The Kier molecular flexibility index (Phi) is 3.51. The van der Waals surface area contributed by atoms with Crippen LogP contribution in [-0.4, -0.2) is 15.5 Å². The van der Waals surface area contributed by atoms with Crippen LogP contribution in [0.1, 0.15) is 5.56 Å². The van der Waals surface area contributed by atoms with Crippen LogP contribution in [0.4, 0.5) is 15.0 Å². The standard InChI is InChI=1S/C15H12FN3O2/c16-12-6-7-14-17-13(9-19(14)8-12)18-15(20)21-10-11-4-2-1-3-5-11/h1-9H,10H2,(H,18,20). The van der Waals surface area contributed by atoms with Crippen LogP contribution < -0.4 is 5.32 Å². The lowest BCUT2D eigenvalue weighted by Crippen LogP contribution is -2.13. The smallest absolute Gasteiger partial charge is 0.413 e. The van der Waals surface area contributed by atoms with Gasteiger partial charge >= 0.3 is 6.09 Å². The monoisotopic (exact) mass is 285 g/mol. The Labute approximate surface area is 120 Å². The number of carbonyl (C=O) groups is 1. The van der Waals surface area contributed by atoms with Gasteiger partial charge in [-0.3, -0.25) is 5.32 Å². The molecule has 0 aliphatic heterocycles. The van der Waals surface area contributed by atoms with E-state index in [2.05, 4.69) is 10.3 Å². The highest BCUT2D eigenvalue weighted by atomic mass is 19.1. The number of ether oxygens (including phenoxy) is 1. The molecule has 1 N–H and O–H groups in total. The van der Waals surface area contributed by atoms with Crippen molar-refractivity contribution in [3.8, 4) is 0 Å². The van der Waals surface area contributed by atoms with Crippen LogP contribution in [0.2, 0.25) is 0 Å². The summed E-state index contributed by atoms with van der Waals surface area (Å²) in [6.45, 7) is 0.175. The van der Waals surface area contributed by atoms with Crippen molar-refractivity contribution in [3.63, 3.8) is 0 Å². The number of pyridine rings is 1. The van der Waals surface area contributed by atoms with Gasteiger partial charge in [0.2, 0.25) is 0 Å². The van der Waals surface area contributed by atoms with Crippen LogP contribution in [0.3, 0.4) is 0 Å². The van der Waals surface area contributed by atoms with Crippen LogP contribution in [0.25, 0.3) is 5.65 Å². The van der Waals surface area contributed by atoms with Gasteiger partial charge in [0.1, 0.15) is 18.1 Å². The Bertz CT molecular complexity index is 771. The number of aromatic nitrogens is 2. The van der Waals surface area contributed by atoms with Crippen LogP contribution in [0.15, 0.2) is 54.9 Å². The first-order valence-corrected chi connectivity index (χ1v) is 6.33. The predicted octanol–water partition coefficient (Wildman–Crippen LogP) is 3.22. The number of nitrogens with one attached hydrogen (secondary N) is 1. The lowest BCUT2D eigenvalue weighted by molar-refractivity contribution is 0.155. The molecule has 1 amide bonds. The molecule has 5 nitrogen and oxygen atoms in total. The van der Waals surface area contributed by atoms with Crippen LogP contribution in [-0.2, 0) is 11.3 Å². The Morgan fingerprint density at radius 2 is 2.00 bits per heavy atom. The third kappa shape index (κ3) is 3.17.